The highest BCUT2D eigenvalue weighted by atomic mass is 35.5. The van der Waals surface area contributed by atoms with Gasteiger partial charge >= 0.3 is 11.9 Å². The first-order valence-corrected chi connectivity index (χ1v) is 20.2. The first kappa shape index (κ1) is 37.1. The van der Waals surface area contributed by atoms with E-state index in [1.807, 2.05) is 30.3 Å². The molecule has 0 fully saturated rings. The summed E-state index contributed by atoms with van der Waals surface area (Å²) in [7, 11) is -1.30. The standard InChI is InChI=1S/C34H40ClF3N6O5Si/c1-7-42-28(20-47-19-24-11-9-8-10-12-24)41-44(33(42)45)26-17-25-13-14-39-32(29(25)27(18-26)48-23(3)34(36,37)38)49-30-22(2)40-43(31(30)35)21-46-15-16-50(4,5)6/h8-14,17-18,23H,7,15-16,19-21H2,1-6H3/t23-/m0/s1. The van der Waals surface area contributed by atoms with E-state index in [2.05, 4.69) is 34.8 Å². The molecule has 3 aromatic heterocycles. The summed E-state index contributed by atoms with van der Waals surface area (Å²) in [4.78, 5) is 17.9. The molecule has 0 radical (unpaired) electrons. The van der Waals surface area contributed by atoms with Gasteiger partial charge in [0.15, 0.2) is 22.8 Å². The summed E-state index contributed by atoms with van der Waals surface area (Å²) in [5.41, 5.74) is 1.06. The molecule has 5 rings (SSSR count). The number of aryl methyl sites for hydroxylation is 1. The molecular formula is C34H40ClF3N6O5Si. The fourth-order valence-corrected chi connectivity index (χ4v) is 6.03. The molecule has 50 heavy (non-hydrogen) atoms. The first-order valence-electron chi connectivity index (χ1n) is 16.1. The third kappa shape index (κ3) is 8.75. The molecule has 0 aliphatic heterocycles. The molecule has 0 saturated carbocycles. The summed E-state index contributed by atoms with van der Waals surface area (Å²) in [6.45, 7) is 12.4. The molecule has 0 spiro atoms. The van der Waals surface area contributed by atoms with Gasteiger partial charge in [0.05, 0.1) is 17.7 Å². The van der Waals surface area contributed by atoms with E-state index in [4.69, 9.17) is 30.5 Å². The highest BCUT2D eigenvalue weighted by molar-refractivity contribution is 6.76. The van der Waals surface area contributed by atoms with Crippen LogP contribution in [0.25, 0.3) is 16.5 Å². The molecule has 3 heterocycles. The smallest absolute Gasteiger partial charge is 0.425 e. The Bertz CT molecular complexity index is 1990. The van der Waals surface area contributed by atoms with Gasteiger partial charge in [0.2, 0.25) is 5.88 Å². The molecule has 0 N–H and O–H groups in total. The molecule has 0 saturated heterocycles. The zero-order chi connectivity index (χ0) is 36.2. The van der Waals surface area contributed by atoms with E-state index in [-0.39, 0.29) is 46.9 Å². The summed E-state index contributed by atoms with van der Waals surface area (Å²) >= 11 is 6.65. The third-order valence-corrected chi connectivity index (χ3v) is 9.88. The quantitative estimate of drug-likeness (QED) is 0.0790. The number of nitrogens with zero attached hydrogens (tertiary/aromatic N) is 6. The molecule has 2 aromatic carbocycles. The summed E-state index contributed by atoms with van der Waals surface area (Å²) < 4.78 is 68.8. The molecule has 268 valence electrons. The fraction of sp³-hybridized carbons (Fsp3) is 0.412. The van der Waals surface area contributed by atoms with Crippen molar-refractivity contribution in [2.75, 3.05) is 6.61 Å². The number of hydrogen-bond acceptors (Lipinski definition) is 8. The van der Waals surface area contributed by atoms with Gasteiger partial charge < -0.3 is 18.9 Å². The molecular weight excluding hydrogens is 693 g/mol. The van der Waals surface area contributed by atoms with Crippen LogP contribution in [0.2, 0.25) is 30.8 Å². The van der Waals surface area contributed by atoms with E-state index >= 15 is 0 Å². The molecule has 0 unspecified atom stereocenters. The summed E-state index contributed by atoms with van der Waals surface area (Å²) in [6, 6.07) is 15.0. The summed E-state index contributed by atoms with van der Waals surface area (Å²) in [5, 5.41) is 9.57. The molecule has 0 amide bonds. The number of hydrogen-bond donors (Lipinski definition) is 0. The van der Waals surface area contributed by atoms with Gasteiger partial charge in [0.25, 0.3) is 0 Å². The van der Waals surface area contributed by atoms with Gasteiger partial charge in [0, 0.05) is 33.5 Å². The van der Waals surface area contributed by atoms with Crippen molar-refractivity contribution in [3.8, 4) is 23.1 Å². The zero-order valence-electron chi connectivity index (χ0n) is 28.8. The number of fused-ring (bicyclic) bond motifs is 1. The van der Waals surface area contributed by atoms with Crippen molar-refractivity contribution in [1.82, 2.24) is 29.1 Å². The lowest BCUT2D eigenvalue weighted by Crippen LogP contribution is -2.31. The lowest BCUT2D eigenvalue weighted by Gasteiger charge is -2.20. The van der Waals surface area contributed by atoms with Crippen LogP contribution >= 0.6 is 11.6 Å². The number of pyridine rings is 1. The normalized spacial score (nSPS) is 12.8. The predicted molar refractivity (Wildman–Crippen MR) is 186 cm³/mol. The van der Waals surface area contributed by atoms with Gasteiger partial charge in [-0.3, -0.25) is 4.57 Å². The summed E-state index contributed by atoms with van der Waals surface area (Å²) in [5.74, 6) is 0.229. The minimum atomic E-state index is -4.69. The Kier molecular flexibility index (Phi) is 11.4. The molecule has 11 nitrogen and oxygen atoms in total. The third-order valence-electron chi connectivity index (χ3n) is 7.81. The highest BCUT2D eigenvalue weighted by Gasteiger charge is 2.38. The fourth-order valence-electron chi connectivity index (χ4n) is 5.01. The minimum absolute atomic E-state index is 0.0338. The van der Waals surface area contributed by atoms with Gasteiger partial charge in [-0.2, -0.15) is 23.0 Å². The average Bonchev–Trinajstić information content (AvgIpc) is 3.52. The van der Waals surface area contributed by atoms with Crippen molar-refractivity contribution in [2.24, 2.45) is 0 Å². The van der Waals surface area contributed by atoms with Gasteiger partial charge in [0.1, 0.15) is 24.8 Å². The van der Waals surface area contributed by atoms with Crippen LogP contribution in [0.1, 0.15) is 30.9 Å². The molecule has 0 aliphatic rings. The first-order chi connectivity index (χ1) is 23.7. The zero-order valence-corrected chi connectivity index (χ0v) is 30.5. The van der Waals surface area contributed by atoms with Crippen LogP contribution in [0.4, 0.5) is 13.2 Å². The number of ether oxygens (including phenoxy) is 4. The Morgan fingerprint density at radius 2 is 1.76 bits per heavy atom. The largest absolute Gasteiger partial charge is 0.480 e. The Morgan fingerprint density at radius 3 is 2.44 bits per heavy atom. The Hall–Kier alpha value is -4.18. The Morgan fingerprint density at radius 1 is 1.02 bits per heavy atom. The van der Waals surface area contributed by atoms with Crippen molar-refractivity contribution < 1.29 is 32.1 Å². The maximum absolute atomic E-state index is 13.8. The maximum Gasteiger partial charge on any atom is 0.425 e. The van der Waals surface area contributed by atoms with Crippen LogP contribution in [0.3, 0.4) is 0 Å². The lowest BCUT2D eigenvalue weighted by atomic mass is 10.1. The van der Waals surface area contributed by atoms with Crippen molar-refractivity contribution in [1.29, 1.82) is 0 Å². The number of aromatic nitrogens is 6. The molecule has 16 heteroatoms. The van der Waals surface area contributed by atoms with E-state index < -0.39 is 26.0 Å². The van der Waals surface area contributed by atoms with E-state index in [0.717, 1.165) is 23.2 Å². The molecule has 0 bridgehead atoms. The van der Waals surface area contributed by atoms with E-state index in [1.165, 1.54) is 21.5 Å². The van der Waals surface area contributed by atoms with Crippen molar-refractivity contribution in [3.05, 3.63) is 87.4 Å². The van der Waals surface area contributed by atoms with Gasteiger partial charge in [-0.15, -0.1) is 5.10 Å². The van der Waals surface area contributed by atoms with Crippen molar-refractivity contribution in [3.63, 3.8) is 0 Å². The molecule has 1 atom stereocenters. The van der Waals surface area contributed by atoms with Gasteiger partial charge in [-0.25, -0.2) is 14.5 Å². The van der Waals surface area contributed by atoms with E-state index in [0.29, 0.717) is 36.7 Å². The topological polar surface area (TPSA) is 107 Å². The molecule has 5 aromatic rings. The highest BCUT2D eigenvalue weighted by Crippen LogP contribution is 2.41. The maximum atomic E-state index is 13.8. The van der Waals surface area contributed by atoms with Crippen LogP contribution in [-0.4, -0.2) is 56.1 Å². The number of alkyl halides is 3. The minimum Gasteiger partial charge on any atom is -0.480 e. The van der Waals surface area contributed by atoms with Crippen LogP contribution in [0, 0.1) is 6.92 Å². The Balaban J connectivity index is 1.51. The Labute approximate surface area is 293 Å². The van der Waals surface area contributed by atoms with Gasteiger partial charge in [-0.1, -0.05) is 61.6 Å². The van der Waals surface area contributed by atoms with Crippen LogP contribution in [0.15, 0.2) is 59.5 Å². The second-order valence-corrected chi connectivity index (χ2v) is 18.9. The van der Waals surface area contributed by atoms with Gasteiger partial charge in [-0.05, 0) is 49.9 Å². The van der Waals surface area contributed by atoms with Crippen molar-refractivity contribution >= 4 is 30.4 Å². The summed E-state index contributed by atoms with van der Waals surface area (Å²) in [6.07, 6.45) is -5.46. The second-order valence-electron chi connectivity index (χ2n) is 12.9. The van der Waals surface area contributed by atoms with Crippen LogP contribution in [0.5, 0.6) is 17.4 Å². The van der Waals surface area contributed by atoms with Crippen molar-refractivity contribution in [2.45, 2.75) is 85.2 Å². The number of rotatable bonds is 15. The number of halogens is 4. The van der Waals surface area contributed by atoms with E-state index in [1.54, 1.807) is 26.0 Å². The average molecular weight is 733 g/mol. The second kappa shape index (κ2) is 15.4. The molecule has 0 aliphatic carbocycles. The van der Waals surface area contributed by atoms with Crippen LogP contribution in [-0.2, 0) is 36.0 Å². The van der Waals surface area contributed by atoms with E-state index in [9.17, 15) is 18.0 Å². The lowest BCUT2D eigenvalue weighted by molar-refractivity contribution is -0.189. The van der Waals surface area contributed by atoms with Crippen LogP contribution < -0.4 is 15.2 Å². The SMILES string of the molecule is CCn1c(COCc2ccccc2)nn(-c2cc(O[C@@H](C)C(F)(F)F)c3c(Oc4c(C)nn(COCC[Si](C)(C)C)c4Cl)nccc3c2)c1=O. The predicted octanol–water partition coefficient (Wildman–Crippen LogP) is 7.91. The number of benzene rings is 2. The monoisotopic (exact) mass is 732 g/mol.